The first kappa shape index (κ1) is 9.22. The summed E-state index contributed by atoms with van der Waals surface area (Å²) in [5.41, 5.74) is 1.15. The molecule has 2 heterocycles. The maximum absolute atomic E-state index is 8.77. The topological polar surface area (TPSA) is 53.6 Å². The van der Waals surface area contributed by atoms with E-state index in [1.165, 1.54) is 5.56 Å². The fourth-order valence-corrected chi connectivity index (χ4v) is 1.73. The van der Waals surface area contributed by atoms with Crippen molar-refractivity contribution < 1.29 is 0 Å². The third kappa shape index (κ3) is 1.30. The standard InChI is InChI=1S/C10H14N4/c1-2-9-5-13-14(6-9)10(3-4-11)7-12-8-10/h5-6,12H,2-3,7-8H2,1H3. The van der Waals surface area contributed by atoms with Crippen LogP contribution in [0.3, 0.4) is 0 Å². The van der Waals surface area contributed by atoms with E-state index in [1.807, 2.05) is 10.9 Å². The maximum Gasteiger partial charge on any atom is 0.100 e. The second-order valence-electron chi connectivity index (χ2n) is 3.81. The summed E-state index contributed by atoms with van der Waals surface area (Å²) in [5, 5.41) is 16.3. The van der Waals surface area contributed by atoms with Crippen LogP contribution in [-0.4, -0.2) is 22.9 Å². The molecule has 1 aromatic heterocycles. The largest absolute Gasteiger partial charge is 0.312 e. The summed E-state index contributed by atoms with van der Waals surface area (Å²) in [4.78, 5) is 0. The maximum atomic E-state index is 8.77. The number of hydrogen-bond acceptors (Lipinski definition) is 3. The van der Waals surface area contributed by atoms with E-state index in [0.717, 1.165) is 19.5 Å². The van der Waals surface area contributed by atoms with Gasteiger partial charge in [0.15, 0.2) is 0 Å². The molecule has 4 nitrogen and oxygen atoms in total. The van der Waals surface area contributed by atoms with E-state index in [2.05, 4.69) is 29.6 Å². The normalized spacial score (nSPS) is 18.6. The van der Waals surface area contributed by atoms with Gasteiger partial charge in [-0.25, -0.2) is 0 Å². The van der Waals surface area contributed by atoms with E-state index in [9.17, 15) is 0 Å². The minimum atomic E-state index is -0.0812. The molecular formula is C10H14N4. The van der Waals surface area contributed by atoms with Gasteiger partial charge in [0.25, 0.3) is 0 Å². The van der Waals surface area contributed by atoms with Crippen molar-refractivity contribution in [3.05, 3.63) is 18.0 Å². The SMILES string of the molecule is CCc1cnn(C2(CC#N)CNC2)c1. The van der Waals surface area contributed by atoms with Crippen LogP contribution in [0.25, 0.3) is 0 Å². The first-order valence-corrected chi connectivity index (χ1v) is 4.92. The van der Waals surface area contributed by atoms with Gasteiger partial charge in [-0.2, -0.15) is 10.4 Å². The molecule has 4 heteroatoms. The van der Waals surface area contributed by atoms with Crippen molar-refractivity contribution in [2.75, 3.05) is 13.1 Å². The molecule has 0 amide bonds. The van der Waals surface area contributed by atoms with E-state index in [-0.39, 0.29) is 5.54 Å². The molecule has 1 aromatic rings. The molecule has 1 aliphatic rings. The number of nitrogens with one attached hydrogen (secondary N) is 1. The molecule has 74 valence electrons. The Morgan fingerprint density at radius 1 is 1.71 bits per heavy atom. The van der Waals surface area contributed by atoms with Gasteiger partial charge in [-0.1, -0.05) is 6.92 Å². The van der Waals surface area contributed by atoms with Crippen molar-refractivity contribution in [3.63, 3.8) is 0 Å². The second-order valence-corrected chi connectivity index (χ2v) is 3.81. The summed E-state index contributed by atoms with van der Waals surface area (Å²) >= 11 is 0. The van der Waals surface area contributed by atoms with E-state index in [0.29, 0.717) is 6.42 Å². The van der Waals surface area contributed by atoms with Crippen LogP contribution in [0.4, 0.5) is 0 Å². The van der Waals surface area contributed by atoms with E-state index in [4.69, 9.17) is 5.26 Å². The van der Waals surface area contributed by atoms with Gasteiger partial charge in [0.2, 0.25) is 0 Å². The molecule has 0 aliphatic carbocycles. The molecule has 1 saturated heterocycles. The lowest BCUT2D eigenvalue weighted by atomic mass is 9.89. The lowest BCUT2D eigenvalue weighted by Crippen LogP contribution is -2.60. The Balaban J connectivity index is 2.23. The van der Waals surface area contributed by atoms with Gasteiger partial charge >= 0.3 is 0 Å². The Kier molecular flexibility index (Phi) is 2.26. The summed E-state index contributed by atoms with van der Waals surface area (Å²) in [6, 6.07) is 2.24. The first-order chi connectivity index (χ1) is 6.80. The third-order valence-electron chi connectivity index (χ3n) is 2.85. The van der Waals surface area contributed by atoms with Crippen LogP contribution < -0.4 is 5.32 Å². The Morgan fingerprint density at radius 2 is 2.50 bits per heavy atom. The molecule has 1 aliphatic heterocycles. The van der Waals surface area contributed by atoms with E-state index < -0.39 is 0 Å². The highest BCUT2D eigenvalue weighted by atomic mass is 15.4. The lowest BCUT2D eigenvalue weighted by molar-refractivity contribution is 0.160. The summed E-state index contributed by atoms with van der Waals surface area (Å²) in [7, 11) is 0. The number of aromatic nitrogens is 2. The molecule has 0 atom stereocenters. The fraction of sp³-hybridized carbons (Fsp3) is 0.600. The minimum absolute atomic E-state index is 0.0812. The van der Waals surface area contributed by atoms with Crippen LogP contribution in [0.2, 0.25) is 0 Å². The predicted molar refractivity (Wildman–Crippen MR) is 52.7 cm³/mol. The zero-order chi connectivity index (χ0) is 10.0. The molecule has 2 rings (SSSR count). The molecule has 1 N–H and O–H groups in total. The summed E-state index contributed by atoms with van der Waals surface area (Å²) in [6.07, 6.45) is 5.47. The zero-order valence-electron chi connectivity index (χ0n) is 8.32. The van der Waals surface area contributed by atoms with Gasteiger partial charge in [-0.3, -0.25) is 4.68 Å². The van der Waals surface area contributed by atoms with Crippen LogP contribution in [0.1, 0.15) is 18.9 Å². The Bertz CT molecular complexity index is 356. The van der Waals surface area contributed by atoms with Crippen molar-refractivity contribution in [2.45, 2.75) is 25.3 Å². The van der Waals surface area contributed by atoms with Gasteiger partial charge in [0, 0.05) is 19.3 Å². The van der Waals surface area contributed by atoms with Crippen molar-refractivity contribution in [1.82, 2.24) is 15.1 Å². The average Bonchev–Trinajstić information content (AvgIpc) is 2.59. The summed E-state index contributed by atoms with van der Waals surface area (Å²) < 4.78 is 1.95. The number of nitrogens with zero attached hydrogens (tertiary/aromatic N) is 3. The quantitative estimate of drug-likeness (QED) is 0.761. The first-order valence-electron chi connectivity index (χ1n) is 4.92. The Hall–Kier alpha value is -1.34. The van der Waals surface area contributed by atoms with Crippen LogP contribution in [0.5, 0.6) is 0 Å². The zero-order valence-corrected chi connectivity index (χ0v) is 8.32. The summed E-state index contributed by atoms with van der Waals surface area (Å²) in [6.45, 7) is 3.81. The molecular weight excluding hydrogens is 176 g/mol. The Labute approximate surface area is 83.5 Å². The molecule has 0 saturated carbocycles. The smallest absolute Gasteiger partial charge is 0.100 e. The van der Waals surface area contributed by atoms with Crippen molar-refractivity contribution in [3.8, 4) is 6.07 Å². The lowest BCUT2D eigenvalue weighted by Gasteiger charge is -2.41. The Morgan fingerprint density at radius 3 is 2.93 bits per heavy atom. The van der Waals surface area contributed by atoms with E-state index in [1.54, 1.807) is 0 Å². The van der Waals surface area contributed by atoms with Gasteiger partial charge in [-0.05, 0) is 12.0 Å². The average molecular weight is 190 g/mol. The molecule has 1 fully saturated rings. The van der Waals surface area contributed by atoms with Crippen LogP contribution in [-0.2, 0) is 12.0 Å². The number of nitriles is 1. The molecule has 0 bridgehead atoms. The monoisotopic (exact) mass is 190 g/mol. The second kappa shape index (κ2) is 3.43. The minimum Gasteiger partial charge on any atom is -0.312 e. The fourth-order valence-electron chi connectivity index (χ4n) is 1.73. The van der Waals surface area contributed by atoms with Crippen LogP contribution in [0, 0.1) is 11.3 Å². The summed E-state index contributed by atoms with van der Waals surface area (Å²) in [5.74, 6) is 0. The highest BCUT2D eigenvalue weighted by Gasteiger charge is 2.39. The van der Waals surface area contributed by atoms with E-state index >= 15 is 0 Å². The van der Waals surface area contributed by atoms with Crippen molar-refractivity contribution >= 4 is 0 Å². The number of aryl methyl sites for hydroxylation is 1. The number of hydrogen-bond donors (Lipinski definition) is 1. The predicted octanol–water partition coefficient (Wildman–Crippen LogP) is 0.658. The van der Waals surface area contributed by atoms with Crippen LogP contribution in [0.15, 0.2) is 12.4 Å². The van der Waals surface area contributed by atoms with Crippen molar-refractivity contribution in [1.29, 1.82) is 5.26 Å². The molecule has 0 radical (unpaired) electrons. The van der Waals surface area contributed by atoms with Gasteiger partial charge in [-0.15, -0.1) is 0 Å². The van der Waals surface area contributed by atoms with Gasteiger partial charge in [0.05, 0.1) is 18.7 Å². The van der Waals surface area contributed by atoms with Crippen molar-refractivity contribution in [2.24, 2.45) is 0 Å². The van der Waals surface area contributed by atoms with Gasteiger partial charge < -0.3 is 5.32 Å². The molecule has 0 spiro atoms. The van der Waals surface area contributed by atoms with Gasteiger partial charge in [0.1, 0.15) is 5.54 Å². The van der Waals surface area contributed by atoms with Crippen LogP contribution >= 0.6 is 0 Å². The number of rotatable bonds is 3. The molecule has 14 heavy (non-hydrogen) atoms. The molecule has 0 aromatic carbocycles. The highest BCUT2D eigenvalue weighted by molar-refractivity contribution is 5.10. The third-order valence-corrected chi connectivity index (χ3v) is 2.85. The highest BCUT2D eigenvalue weighted by Crippen LogP contribution is 2.24. The molecule has 0 unspecified atom stereocenters.